The van der Waals surface area contributed by atoms with E-state index in [0.29, 0.717) is 6.04 Å². The molecule has 0 bridgehead atoms. The molecule has 1 rings (SSSR count). The van der Waals surface area contributed by atoms with Crippen molar-refractivity contribution in [3.8, 4) is 0 Å². The molecule has 3 nitrogen and oxygen atoms in total. The van der Waals surface area contributed by atoms with Crippen molar-refractivity contribution in [2.45, 2.75) is 33.2 Å². The van der Waals surface area contributed by atoms with E-state index in [1.165, 1.54) is 0 Å². The van der Waals surface area contributed by atoms with E-state index in [2.05, 4.69) is 29.1 Å². The predicted octanol–water partition coefficient (Wildman–Crippen LogP) is 2.00. The van der Waals surface area contributed by atoms with Gasteiger partial charge in [0, 0.05) is 18.4 Å². The van der Waals surface area contributed by atoms with Crippen LogP contribution in [0.15, 0.2) is 12.4 Å². The number of nitrogens with zero attached hydrogens (tertiary/aromatic N) is 2. The van der Waals surface area contributed by atoms with Gasteiger partial charge in [-0.3, -0.25) is 4.98 Å². The molecule has 1 aromatic heterocycles. The van der Waals surface area contributed by atoms with Crippen LogP contribution in [0.4, 0.5) is 5.82 Å². The van der Waals surface area contributed by atoms with Crippen LogP contribution in [-0.2, 0) is 0 Å². The molecule has 0 fully saturated rings. The van der Waals surface area contributed by atoms with Crippen LogP contribution in [0.3, 0.4) is 0 Å². The van der Waals surface area contributed by atoms with Gasteiger partial charge in [0.25, 0.3) is 0 Å². The Labute approximate surface area is 73.2 Å². The fourth-order valence-corrected chi connectivity index (χ4v) is 0.885. The van der Waals surface area contributed by atoms with Gasteiger partial charge in [-0.15, -0.1) is 0 Å². The van der Waals surface area contributed by atoms with Crippen molar-refractivity contribution in [3.63, 3.8) is 0 Å². The zero-order chi connectivity index (χ0) is 8.97. The van der Waals surface area contributed by atoms with E-state index < -0.39 is 0 Å². The highest BCUT2D eigenvalue weighted by molar-refractivity contribution is 5.38. The topological polar surface area (TPSA) is 37.8 Å². The van der Waals surface area contributed by atoms with Crippen molar-refractivity contribution in [1.82, 2.24) is 9.97 Å². The third kappa shape index (κ3) is 2.19. The Balaban J connectivity index is 2.69. The molecule has 1 unspecified atom stereocenters. The van der Waals surface area contributed by atoms with E-state index in [9.17, 15) is 0 Å². The van der Waals surface area contributed by atoms with Crippen LogP contribution in [-0.4, -0.2) is 16.0 Å². The third-order valence-electron chi connectivity index (χ3n) is 1.88. The molecule has 1 aromatic rings. The molecule has 0 aromatic carbocycles. The highest BCUT2D eigenvalue weighted by Gasteiger charge is 2.02. The lowest BCUT2D eigenvalue weighted by atomic mass is 10.2. The summed E-state index contributed by atoms with van der Waals surface area (Å²) in [7, 11) is 0. The Kier molecular flexibility index (Phi) is 3.02. The molecule has 0 aliphatic carbocycles. The number of rotatable bonds is 3. The molecule has 0 aliphatic rings. The molecule has 0 saturated carbocycles. The minimum absolute atomic E-state index is 0.459. The second-order valence-electron chi connectivity index (χ2n) is 2.94. The van der Waals surface area contributed by atoms with E-state index in [1.54, 1.807) is 12.4 Å². The first-order valence-electron chi connectivity index (χ1n) is 4.28. The normalized spacial score (nSPS) is 12.6. The molecule has 0 spiro atoms. The molecule has 0 radical (unpaired) electrons. The van der Waals surface area contributed by atoms with E-state index in [1.807, 2.05) is 6.92 Å². The molecule has 3 heteroatoms. The monoisotopic (exact) mass is 165 g/mol. The molecule has 0 aliphatic heterocycles. The average molecular weight is 165 g/mol. The molecular weight excluding hydrogens is 150 g/mol. The summed E-state index contributed by atoms with van der Waals surface area (Å²) >= 11 is 0. The number of anilines is 1. The summed E-state index contributed by atoms with van der Waals surface area (Å²) in [5.41, 5.74) is 0.956. The molecule has 1 N–H and O–H groups in total. The van der Waals surface area contributed by atoms with Crippen LogP contribution < -0.4 is 5.32 Å². The molecule has 0 saturated heterocycles. The van der Waals surface area contributed by atoms with Crippen LogP contribution in [0.25, 0.3) is 0 Å². The van der Waals surface area contributed by atoms with E-state index in [0.717, 1.165) is 17.9 Å². The fraction of sp³-hybridized carbons (Fsp3) is 0.556. The summed E-state index contributed by atoms with van der Waals surface area (Å²) in [6.45, 7) is 6.23. The van der Waals surface area contributed by atoms with Crippen LogP contribution in [0.1, 0.15) is 26.0 Å². The van der Waals surface area contributed by atoms with Gasteiger partial charge in [0.15, 0.2) is 0 Å². The number of aryl methyl sites for hydroxylation is 1. The lowest BCUT2D eigenvalue weighted by Crippen LogP contribution is -2.15. The highest BCUT2D eigenvalue weighted by Crippen LogP contribution is 2.08. The molecular formula is C9H15N3. The maximum atomic E-state index is 4.19. The number of hydrogen-bond acceptors (Lipinski definition) is 3. The van der Waals surface area contributed by atoms with Crippen LogP contribution >= 0.6 is 0 Å². The number of nitrogens with one attached hydrogen (secondary N) is 1. The molecule has 1 heterocycles. The van der Waals surface area contributed by atoms with Gasteiger partial charge < -0.3 is 5.32 Å². The Morgan fingerprint density at radius 2 is 2.08 bits per heavy atom. The Morgan fingerprint density at radius 3 is 2.67 bits per heavy atom. The van der Waals surface area contributed by atoms with Crippen molar-refractivity contribution in [3.05, 3.63) is 18.1 Å². The fourth-order valence-electron chi connectivity index (χ4n) is 0.885. The van der Waals surface area contributed by atoms with E-state index in [-0.39, 0.29) is 0 Å². The maximum Gasteiger partial charge on any atom is 0.147 e. The van der Waals surface area contributed by atoms with Gasteiger partial charge in [0.05, 0.1) is 5.69 Å². The van der Waals surface area contributed by atoms with Gasteiger partial charge >= 0.3 is 0 Å². The maximum absolute atomic E-state index is 4.19. The lowest BCUT2D eigenvalue weighted by Gasteiger charge is -2.12. The highest BCUT2D eigenvalue weighted by atomic mass is 15.0. The van der Waals surface area contributed by atoms with Crippen molar-refractivity contribution in [2.24, 2.45) is 0 Å². The minimum atomic E-state index is 0.459. The van der Waals surface area contributed by atoms with Gasteiger partial charge in [-0.25, -0.2) is 4.98 Å². The van der Waals surface area contributed by atoms with Gasteiger partial charge in [-0.05, 0) is 20.3 Å². The van der Waals surface area contributed by atoms with Crippen molar-refractivity contribution in [1.29, 1.82) is 0 Å². The first kappa shape index (κ1) is 8.97. The van der Waals surface area contributed by atoms with Crippen LogP contribution in [0, 0.1) is 6.92 Å². The summed E-state index contributed by atoms with van der Waals surface area (Å²) in [4.78, 5) is 8.33. The first-order chi connectivity index (χ1) is 5.74. The summed E-state index contributed by atoms with van der Waals surface area (Å²) < 4.78 is 0. The standard InChI is InChI=1S/C9H15N3/c1-4-7(2)12-9-8(3)10-5-6-11-9/h5-7H,4H2,1-3H3,(H,11,12). The lowest BCUT2D eigenvalue weighted by molar-refractivity contribution is 0.756. The van der Waals surface area contributed by atoms with Gasteiger partial charge in [0.1, 0.15) is 5.82 Å². The number of aromatic nitrogens is 2. The Bertz CT molecular complexity index is 247. The Morgan fingerprint density at radius 1 is 1.42 bits per heavy atom. The first-order valence-corrected chi connectivity index (χ1v) is 4.28. The Hall–Kier alpha value is -1.12. The number of hydrogen-bond donors (Lipinski definition) is 1. The zero-order valence-electron chi connectivity index (χ0n) is 7.83. The van der Waals surface area contributed by atoms with Crippen molar-refractivity contribution >= 4 is 5.82 Å². The molecule has 66 valence electrons. The average Bonchev–Trinajstić information content (AvgIpc) is 2.09. The van der Waals surface area contributed by atoms with Gasteiger partial charge in [0.2, 0.25) is 0 Å². The third-order valence-corrected chi connectivity index (χ3v) is 1.88. The minimum Gasteiger partial charge on any atom is -0.366 e. The van der Waals surface area contributed by atoms with Gasteiger partial charge in [-0.1, -0.05) is 6.92 Å². The molecule has 0 amide bonds. The molecule has 12 heavy (non-hydrogen) atoms. The molecule has 1 atom stereocenters. The summed E-state index contributed by atoms with van der Waals surface area (Å²) in [6.07, 6.45) is 4.50. The second kappa shape index (κ2) is 4.04. The van der Waals surface area contributed by atoms with Crippen LogP contribution in [0.2, 0.25) is 0 Å². The second-order valence-corrected chi connectivity index (χ2v) is 2.94. The summed E-state index contributed by atoms with van der Waals surface area (Å²) in [6, 6.07) is 0.459. The van der Waals surface area contributed by atoms with E-state index in [4.69, 9.17) is 0 Å². The summed E-state index contributed by atoms with van der Waals surface area (Å²) in [5, 5.41) is 3.29. The largest absolute Gasteiger partial charge is 0.366 e. The van der Waals surface area contributed by atoms with Crippen LogP contribution in [0.5, 0.6) is 0 Å². The predicted molar refractivity (Wildman–Crippen MR) is 50.1 cm³/mol. The quantitative estimate of drug-likeness (QED) is 0.744. The van der Waals surface area contributed by atoms with Gasteiger partial charge in [-0.2, -0.15) is 0 Å². The van der Waals surface area contributed by atoms with Crippen molar-refractivity contribution < 1.29 is 0 Å². The SMILES string of the molecule is CCC(C)Nc1nccnc1C. The zero-order valence-corrected chi connectivity index (χ0v) is 7.83. The smallest absolute Gasteiger partial charge is 0.147 e. The van der Waals surface area contributed by atoms with E-state index >= 15 is 0 Å². The summed E-state index contributed by atoms with van der Waals surface area (Å²) in [5.74, 6) is 0.895. The van der Waals surface area contributed by atoms with Crippen molar-refractivity contribution in [2.75, 3.05) is 5.32 Å².